The van der Waals surface area contributed by atoms with Crippen LogP contribution in [0.5, 0.6) is 11.5 Å². The van der Waals surface area contributed by atoms with E-state index in [-0.39, 0.29) is 17.2 Å². The lowest BCUT2D eigenvalue weighted by Crippen LogP contribution is -2.42. The summed E-state index contributed by atoms with van der Waals surface area (Å²) in [5.74, 6) is 0.287. The summed E-state index contributed by atoms with van der Waals surface area (Å²) in [6.45, 7) is 0. The first-order chi connectivity index (χ1) is 13.1. The maximum absolute atomic E-state index is 10.0. The highest BCUT2D eigenvalue weighted by Crippen LogP contribution is 2.58. The van der Waals surface area contributed by atoms with Crippen molar-refractivity contribution >= 4 is 0 Å². The molecule has 0 aromatic heterocycles. The number of ether oxygens (including phenoxy) is 2. The number of methoxy groups -OCH3 is 2. The summed E-state index contributed by atoms with van der Waals surface area (Å²) in [7, 11) is 3.07. The molecule has 0 radical (unpaired) electrons. The fraction of sp³-hybridized carbons (Fsp3) is 0.381. The summed E-state index contributed by atoms with van der Waals surface area (Å²) in [6, 6.07) is 11.8. The van der Waals surface area contributed by atoms with Gasteiger partial charge < -0.3 is 15.2 Å². The van der Waals surface area contributed by atoms with Crippen LogP contribution in [0.1, 0.15) is 30.7 Å². The van der Waals surface area contributed by atoms with Crippen LogP contribution in [0.4, 0.5) is 0 Å². The van der Waals surface area contributed by atoms with Crippen LogP contribution in [0.2, 0.25) is 0 Å². The summed E-state index contributed by atoms with van der Waals surface area (Å²) >= 11 is 0. The molecule has 0 fully saturated rings. The molecule has 6 nitrogen and oxygen atoms in total. The lowest BCUT2D eigenvalue weighted by Gasteiger charge is -2.43. The van der Waals surface area contributed by atoms with Gasteiger partial charge in [0.15, 0.2) is 16.9 Å². The Morgan fingerprint density at radius 2 is 1.89 bits per heavy atom. The van der Waals surface area contributed by atoms with Crippen LogP contribution in [0.15, 0.2) is 41.1 Å². The second-order valence-electron chi connectivity index (χ2n) is 6.69. The molecule has 0 saturated carbocycles. The lowest BCUT2D eigenvalue weighted by atomic mass is 9.56. The van der Waals surface area contributed by atoms with Crippen molar-refractivity contribution in [3.63, 3.8) is 0 Å². The van der Waals surface area contributed by atoms with Gasteiger partial charge in [-0.25, -0.2) is 0 Å². The molecular weight excluding hydrogens is 340 g/mol. The number of para-hydroxylation sites is 1. The number of nitrogens with two attached hydrogens (primary N) is 1. The first-order valence-electron chi connectivity index (χ1n) is 8.73. The Morgan fingerprint density at radius 3 is 2.48 bits per heavy atom. The fourth-order valence-electron chi connectivity index (χ4n) is 4.37. The molecule has 136 valence electrons. The number of nitrogens with zero attached hydrogens (tertiary/aromatic N) is 3. The number of nitriles is 3. The Morgan fingerprint density at radius 1 is 1.15 bits per heavy atom. The summed E-state index contributed by atoms with van der Waals surface area (Å²) in [5.41, 5.74) is 6.45. The van der Waals surface area contributed by atoms with E-state index in [0.29, 0.717) is 17.1 Å². The van der Waals surface area contributed by atoms with Crippen molar-refractivity contribution in [1.29, 1.82) is 15.8 Å². The molecule has 27 heavy (non-hydrogen) atoms. The average molecular weight is 360 g/mol. The molecule has 1 aromatic rings. The van der Waals surface area contributed by atoms with Gasteiger partial charge in [-0.15, -0.1) is 0 Å². The van der Waals surface area contributed by atoms with Crippen LogP contribution in [-0.2, 0) is 0 Å². The van der Waals surface area contributed by atoms with Crippen molar-refractivity contribution in [3.8, 4) is 29.7 Å². The Bertz CT molecular complexity index is 942. The van der Waals surface area contributed by atoms with Crippen LogP contribution in [0.25, 0.3) is 0 Å². The van der Waals surface area contributed by atoms with Crippen molar-refractivity contribution in [3.05, 3.63) is 46.7 Å². The van der Waals surface area contributed by atoms with Gasteiger partial charge in [0.25, 0.3) is 0 Å². The second kappa shape index (κ2) is 7.06. The normalized spacial score (nSPS) is 23.1. The molecule has 0 saturated heterocycles. The van der Waals surface area contributed by atoms with Crippen LogP contribution < -0.4 is 15.2 Å². The molecule has 2 N–H and O–H groups in total. The SMILES string of the molecule is COc1cccc([C@@H]2[C@@H]3CCCC=C3C(C#N)=C(N)C2(C#N)C#N)c1OC. The van der Waals surface area contributed by atoms with E-state index in [1.54, 1.807) is 13.2 Å². The maximum atomic E-state index is 10.0. The number of allylic oxidation sites excluding steroid dienone is 4. The molecule has 0 bridgehead atoms. The third-order valence-corrected chi connectivity index (χ3v) is 5.57. The highest BCUT2D eigenvalue weighted by Gasteiger charge is 2.54. The predicted molar refractivity (Wildman–Crippen MR) is 98.2 cm³/mol. The van der Waals surface area contributed by atoms with Crippen molar-refractivity contribution in [2.45, 2.75) is 25.2 Å². The molecule has 0 aliphatic heterocycles. The predicted octanol–water partition coefficient (Wildman–Crippen LogP) is 3.30. The first-order valence-corrected chi connectivity index (χ1v) is 8.73. The van der Waals surface area contributed by atoms with Gasteiger partial charge in [0.2, 0.25) is 0 Å². The molecule has 0 heterocycles. The lowest BCUT2D eigenvalue weighted by molar-refractivity contribution is 0.297. The third kappa shape index (κ3) is 2.52. The topological polar surface area (TPSA) is 116 Å². The standard InChI is InChI=1S/C21H20N4O2/c1-26-17-9-5-8-15(19(17)27-2)18-14-7-4-3-6-13(14)16(10-22)20(25)21(18,11-23)12-24/h5-6,8-9,14,18H,3-4,7,25H2,1-2H3/t14-,18+/m1/s1. The van der Waals surface area contributed by atoms with E-state index in [2.05, 4.69) is 18.2 Å². The van der Waals surface area contributed by atoms with E-state index in [4.69, 9.17) is 15.2 Å². The third-order valence-electron chi connectivity index (χ3n) is 5.57. The number of hydrogen-bond acceptors (Lipinski definition) is 6. The van der Waals surface area contributed by atoms with Gasteiger partial charge in [-0.1, -0.05) is 18.2 Å². The molecule has 3 rings (SSSR count). The molecule has 6 heteroatoms. The summed E-state index contributed by atoms with van der Waals surface area (Å²) in [5, 5.41) is 29.8. The van der Waals surface area contributed by atoms with Gasteiger partial charge in [0.05, 0.1) is 37.6 Å². The van der Waals surface area contributed by atoms with Crippen LogP contribution in [0.3, 0.4) is 0 Å². The second-order valence-corrected chi connectivity index (χ2v) is 6.69. The molecule has 0 spiro atoms. The van der Waals surface area contributed by atoms with Gasteiger partial charge in [-0.3, -0.25) is 0 Å². The Hall–Kier alpha value is -3.43. The minimum Gasteiger partial charge on any atom is -0.493 e. The average Bonchev–Trinajstić information content (AvgIpc) is 2.72. The number of benzene rings is 1. The van der Waals surface area contributed by atoms with Crippen molar-refractivity contribution in [1.82, 2.24) is 0 Å². The zero-order valence-corrected chi connectivity index (χ0v) is 15.3. The van der Waals surface area contributed by atoms with E-state index < -0.39 is 11.3 Å². The van der Waals surface area contributed by atoms with Gasteiger partial charge in [0.1, 0.15) is 6.07 Å². The van der Waals surface area contributed by atoms with Gasteiger partial charge in [-0.2, -0.15) is 15.8 Å². The summed E-state index contributed by atoms with van der Waals surface area (Å²) < 4.78 is 11.0. The highest BCUT2D eigenvalue weighted by molar-refractivity contribution is 5.61. The molecule has 2 aliphatic rings. The molecule has 0 amide bonds. The minimum atomic E-state index is -1.65. The van der Waals surface area contributed by atoms with E-state index in [0.717, 1.165) is 24.8 Å². The summed E-state index contributed by atoms with van der Waals surface area (Å²) in [4.78, 5) is 0. The molecular formula is C21H20N4O2. The van der Waals surface area contributed by atoms with E-state index in [9.17, 15) is 15.8 Å². The van der Waals surface area contributed by atoms with Crippen LogP contribution in [0, 0.1) is 45.3 Å². The zero-order chi connectivity index (χ0) is 19.6. The number of hydrogen-bond donors (Lipinski definition) is 1. The largest absolute Gasteiger partial charge is 0.493 e. The Balaban J connectivity index is 2.38. The zero-order valence-electron chi connectivity index (χ0n) is 15.3. The van der Waals surface area contributed by atoms with Gasteiger partial charge in [-0.05, 0) is 36.8 Å². The monoisotopic (exact) mass is 360 g/mol. The highest BCUT2D eigenvalue weighted by atomic mass is 16.5. The van der Waals surface area contributed by atoms with E-state index >= 15 is 0 Å². The van der Waals surface area contributed by atoms with Gasteiger partial charge in [0, 0.05) is 11.5 Å². The van der Waals surface area contributed by atoms with E-state index in [1.807, 2.05) is 18.2 Å². The molecule has 2 aliphatic carbocycles. The first kappa shape index (κ1) is 18.4. The van der Waals surface area contributed by atoms with E-state index in [1.165, 1.54) is 7.11 Å². The number of rotatable bonds is 3. The molecule has 0 unspecified atom stereocenters. The van der Waals surface area contributed by atoms with Crippen LogP contribution in [-0.4, -0.2) is 14.2 Å². The smallest absolute Gasteiger partial charge is 0.191 e. The minimum absolute atomic E-state index is 0.0225. The van der Waals surface area contributed by atoms with Gasteiger partial charge >= 0.3 is 0 Å². The molecule has 2 atom stereocenters. The van der Waals surface area contributed by atoms with Crippen LogP contribution >= 0.6 is 0 Å². The van der Waals surface area contributed by atoms with Crippen molar-refractivity contribution < 1.29 is 9.47 Å². The number of fused-ring (bicyclic) bond motifs is 1. The molecule has 1 aromatic carbocycles. The quantitative estimate of drug-likeness (QED) is 0.884. The van der Waals surface area contributed by atoms with Crippen molar-refractivity contribution in [2.24, 2.45) is 17.1 Å². The Kier molecular flexibility index (Phi) is 4.80. The Labute approximate surface area is 158 Å². The summed E-state index contributed by atoms with van der Waals surface area (Å²) in [6.07, 6.45) is 4.54. The fourth-order valence-corrected chi connectivity index (χ4v) is 4.37. The maximum Gasteiger partial charge on any atom is 0.191 e. The van der Waals surface area contributed by atoms with Crippen molar-refractivity contribution in [2.75, 3.05) is 14.2 Å².